The highest BCUT2D eigenvalue weighted by Gasteiger charge is 1.98. The van der Waals surface area contributed by atoms with Crippen LogP contribution in [0.4, 0.5) is 0 Å². The van der Waals surface area contributed by atoms with Gasteiger partial charge in [-0.2, -0.15) is 0 Å². The Morgan fingerprint density at radius 2 is 2.40 bits per heavy atom. The average Bonchev–Trinajstić information content (AvgIpc) is 2.37. The predicted molar refractivity (Wildman–Crippen MR) is 41.2 cm³/mol. The van der Waals surface area contributed by atoms with Gasteiger partial charge < -0.3 is 9.15 Å². The molecule has 0 amide bonds. The smallest absolute Gasteiger partial charge is 0.160 e. The molecule has 0 aromatic carbocycles. The van der Waals surface area contributed by atoms with Crippen molar-refractivity contribution >= 4 is 11.8 Å². The predicted octanol–water partition coefficient (Wildman–Crippen LogP) is 2.15. The molecule has 0 spiro atoms. The minimum atomic E-state index is 0.556. The van der Waals surface area contributed by atoms with Crippen LogP contribution in [-0.4, -0.2) is 13.4 Å². The van der Waals surface area contributed by atoms with Crippen LogP contribution in [0.1, 0.15) is 5.76 Å². The van der Waals surface area contributed by atoms with E-state index in [1.807, 2.05) is 18.4 Å². The molecule has 3 heteroatoms. The van der Waals surface area contributed by atoms with Crippen LogP contribution in [0.15, 0.2) is 21.6 Å². The Morgan fingerprint density at radius 1 is 1.60 bits per heavy atom. The Kier molecular flexibility index (Phi) is 2.83. The van der Waals surface area contributed by atoms with Gasteiger partial charge in [0.05, 0.1) is 0 Å². The lowest BCUT2D eigenvalue weighted by molar-refractivity contribution is 0.160. The van der Waals surface area contributed by atoms with Gasteiger partial charge >= 0.3 is 0 Å². The third kappa shape index (κ3) is 1.78. The molecule has 1 aromatic heterocycles. The Labute approximate surface area is 64.6 Å². The van der Waals surface area contributed by atoms with Crippen LogP contribution in [-0.2, 0) is 11.3 Å². The summed E-state index contributed by atoms with van der Waals surface area (Å²) in [7, 11) is 1.65. The fraction of sp³-hybridized carbons (Fsp3) is 0.429. The van der Waals surface area contributed by atoms with Gasteiger partial charge in [0.1, 0.15) is 12.4 Å². The summed E-state index contributed by atoms with van der Waals surface area (Å²) in [5.74, 6) is 0.881. The summed E-state index contributed by atoms with van der Waals surface area (Å²) < 4.78 is 10.2. The molecule has 0 saturated carbocycles. The number of furan rings is 1. The first-order chi connectivity index (χ1) is 4.86. The van der Waals surface area contributed by atoms with E-state index in [4.69, 9.17) is 9.15 Å². The zero-order valence-corrected chi connectivity index (χ0v) is 6.90. The van der Waals surface area contributed by atoms with Gasteiger partial charge in [-0.15, -0.1) is 0 Å². The molecule has 0 saturated heterocycles. The lowest BCUT2D eigenvalue weighted by Gasteiger charge is -1.91. The third-order valence-electron chi connectivity index (χ3n) is 1.12. The van der Waals surface area contributed by atoms with Crippen molar-refractivity contribution < 1.29 is 9.15 Å². The van der Waals surface area contributed by atoms with E-state index in [9.17, 15) is 0 Å². The van der Waals surface area contributed by atoms with Crippen LogP contribution in [0.3, 0.4) is 0 Å². The zero-order valence-electron chi connectivity index (χ0n) is 6.09. The maximum absolute atomic E-state index is 5.31. The Bertz CT molecular complexity index is 195. The molecule has 0 N–H and O–H groups in total. The molecule has 0 aliphatic rings. The van der Waals surface area contributed by atoms with Crippen molar-refractivity contribution in [2.75, 3.05) is 13.4 Å². The molecule has 0 fully saturated rings. The van der Waals surface area contributed by atoms with Crippen molar-refractivity contribution in [3.05, 3.63) is 17.9 Å². The number of hydrogen-bond acceptors (Lipinski definition) is 3. The lowest BCUT2D eigenvalue weighted by Crippen LogP contribution is -1.81. The van der Waals surface area contributed by atoms with E-state index >= 15 is 0 Å². The van der Waals surface area contributed by atoms with E-state index < -0.39 is 0 Å². The number of methoxy groups -OCH3 is 1. The summed E-state index contributed by atoms with van der Waals surface area (Å²) in [6.07, 6.45) is 1.98. The van der Waals surface area contributed by atoms with Gasteiger partial charge in [0.15, 0.2) is 5.09 Å². The zero-order chi connectivity index (χ0) is 7.40. The highest BCUT2D eigenvalue weighted by atomic mass is 32.2. The molecule has 0 atom stereocenters. The van der Waals surface area contributed by atoms with E-state index in [1.165, 1.54) is 0 Å². The van der Waals surface area contributed by atoms with Crippen molar-refractivity contribution in [3.63, 3.8) is 0 Å². The Hall–Kier alpha value is -0.410. The van der Waals surface area contributed by atoms with E-state index in [1.54, 1.807) is 18.9 Å². The first-order valence-corrected chi connectivity index (χ1v) is 4.21. The van der Waals surface area contributed by atoms with E-state index in [0.717, 1.165) is 10.9 Å². The highest BCUT2D eigenvalue weighted by Crippen LogP contribution is 2.17. The van der Waals surface area contributed by atoms with Gasteiger partial charge in [-0.3, -0.25) is 0 Å². The van der Waals surface area contributed by atoms with Gasteiger partial charge in [0.2, 0.25) is 0 Å². The maximum Gasteiger partial charge on any atom is 0.160 e. The normalized spacial score (nSPS) is 10.2. The summed E-state index contributed by atoms with van der Waals surface area (Å²) >= 11 is 1.59. The third-order valence-corrected chi connectivity index (χ3v) is 1.75. The van der Waals surface area contributed by atoms with Crippen molar-refractivity contribution in [2.45, 2.75) is 11.7 Å². The van der Waals surface area contributed by atoms with Gasteiger partial charge in [-0.25, -0.2) is 0 Å². The van der Waals surface area contributed by atoms with Crippen molar-refractivity contribution in [1.82, 2.24) is 0 Å². The van der Waals surface area contributed by atoms with Crippen LogP contribution in [0.5, 0.6) is 0 Å². The Morgan fingerprint density at radius 3 is 2.90 bits per heavy atom. The van der Waals surface area contributed by atoms with Crippen LogP contribution in [0.2, 0.25) is 0 Å². The first kappa shape index (κ1) is 7.69. The standard InChI is InChI=1S/C7H10O2S/c1-8-5-6-3-4-7(9-6)10-2/h3-4H,5H2,1-2H3. The average molecular weight is 158 g/mol. The summed E-state index contributed by atoms with van der Waals surface area (Å²) in [6, 6.07) is 3.87. The molecule has 0 aliphatic carbocycles. The van der Waals surface area contributed by atoms with Gasteiger partial charge in [0.25, 0.3) is 0 Å². The molecule has 2 nitrogen and oxygen atoms in total. The second-order valence-corrected chi connectivity index (χ2v) is 2.67. The molecular formula is C7H10O2S. The number of thioether (sulfide) groups is 1. The molecular weight excluding hydrogens is 148 g/mol. The second-order valence-electron chi connectivity index (χ2n) is 1.86. The SMILES string of the molecule is COCc1ccc(SC)o1. The molecule has 56 valence electrons. The van der Waals surface area contributed by atoms with Gasteiger partial charge in [-0.05, 0) is 18.4 Å². The van der Waals surface area contributed by atoms with Gasteiger partial charge in [-0.1, -0.05) is 11.8 Å². The van der Waals surface area contributed by atoms with Crippen LogP contribution < -0.4 is 0 Å². The van der Waals surface area contributed by atoms with Crippen LogP contribution in [0, 0.1) is 0 Å². The summed E-state index contributed by atoms with van der Waals surface area (Å²) in [5, 5.41) is 0.937. The monoisotopic (exact) mass is 158 g/mol. The first-order valence-electron chi connectivity index (χ1n) is 2.98. The summed E-state index contributed by atoms with van der Waals surface area (Å²) in [4.78, 5) is 0. The number of rotatable bonds is 3. The molecule has 0 radical (unpaired) electrons. The number of ether oxygens (including phenoxy) is 1. The van der Waals surface area contributed by atoms with Crippen molar-refractivity contribution in [1.29, 1.82) is 0 Å². The fourth-order valence-corrected chi connectivity index (χ4v) is 1.08. The molecule has 10 heavy (non-hydrogen) atoms. The largest absolute Gasteiger partial charge is 0.452 e. The minimum Gasteiger partial charge on any atom is -0.452 e. The number of hydrogen-bond donors (Lipinski definition) is 0. The second kappa shape index (κ2) is 3.68. The van der Waals surface area contributed by atoms with E-state index in [0.29, 0.717) is 6.61 Å². The van der Waals surface area contributed by atoms with Crippen LogP contribution >= 0.6 is 11.8 Å². The topological polar surface area (TPSA) is 22.4 Å². The Balaban J connectivity index is 2.59. The lowest BCUT2D eigenvalue weighted by atomic mass is 10.5. The molecule has 1 aromatic rings. The van der Waals surface area contributed by atoms with Crippen molar-refractivity contribution in [2.24, 2.45) is 0 Å². The molecule has 1 rings (SSSR count). The molecule has 0 aliphatic heterocycles. The van der Waals surface area contributed by atoms with E-state index in [-0.39, 0.29) is 0 Å². The molecule has 1 heterocycles. The maximum atomic E-state index is 5.31. The summed E-state index contributed by atoms with van der Waals surface area (Å²) in [5.41, 5.74) is 0. The summed E-state index contributed by atoms with van der Waals surface area (Å²) in [6.45, 7) is 0.556. The fourth-order valence-electron chi connectivity index (χ4n) is 0.688. The minimum absolute atomic E-state index is 0.556. The molecule has 0 bridgehead atoms. The van der Waals surface area contributed by atoms with Crippen molar-refractivity contribution in [3.8, 4) is 0 Å². The quantitative estimate of drug-likeness (QED) is 0.629. The molecule has 0 unspecified atom stereocenters. The van der Waals surface area contributed by atoms with E-state index in [2.05, 4.69) is 0 Å². The highest BCUT2D eigenvalue weighted by molar-refractivity contribution is 7.98. The van der Waals surface area contributed by atoms with Gasteiger partial charge in [0, 0.05) is 7.11 Å². The van der Waals surface area contributed by atoms with Crippen LogP contribution in [0.25, 0.3) is 0 Å².